The number of ether oxygens (including phenoxy) is 2. The van der Waals surface area contributed by atoms with Crippen LogP contribution in [0.4, 0.5) is 5.82 Å². The van der Waals surface area contributed by atoms with Crippen molar-refractivity contribution in [2.75, 3.05) is 5.73 Å². The zero-order chi connectivity index (χ0) is 19.5. The molecule has 0 amide bonds. The first-order valence-electron chi connectivity index (χ1n) is 8.52. The van der Waals surface area contributed by atoms with Gasteiger partial charge in [0, 0.05) is 23.0 Å². The lowest BCUT2D eigenvalue weighted by atomic mass is 10.2. The molecule has 9 heteroatoms. The molecular weight excluding hydrogens is 442 g/mol. The summed E-state index contributed by atoms with van der Waals surface area (Å²) in [5.74, 6) is 2.99. The number of aryl methyl sites for hydroxylation is 1. The highest BCUT2D eigenvalue weighted by molar-refractivity contribution is 9.10. The summed E-state index contributed by atoms with van der Waals surface area (Å²) in [5.41, 5.74) is 8.12. The number of nitrogen functional groups attached to an aromatic ring is 1. The van der Waals surface area contributed by atoms with Gasteiger partial charge in [0.15, 0.2) is 22.1 Å². The monoisotopic (exact) mass is 457 g/mol. The number of terminal acetylenes is 1. The topological polar surface area (TPSA) is 88.1 Å². The van der Waals surface area contributed by atoms with Crippen LogP contribution >= 0.6 is 27.7 Å². The second kappa shape index (κ2) is 8.12. The molecule has 0 spiro atoms. The average molecular weight is 458 g/mol. The van der Waals surface area contributed by atoms with Crippen molar-refractivity contribution in [3.05, 3.63) is 52.0 Å². The Labute approximate surface area is 174 Å². The van der Waals surface area contributed by atoms with E-state index in [1.54, 1.807) is 6.26 Å². The van der Waals surface area contributed by atoms with Gasteiger partial charge in [-0.3, -0.25) is 0 Å². The lowest BCUT2D eigenvalue weighted by molar-refractivity contribution is -0.0278. The van der Waals surface area contributed by atoms with Gasteiger partial charge < -0.3 is 19.8 Å². The molecule has 1 atom stereocenters. The van der Waals surface area contributed by atoms with E-state index in [0.29, 0.717) is 40.2 Å². The Morgan fingerprint density at radius 2 is 2.18 bits per heavy atom. The lowest BCUT2D eigenvalue weighted by Gasteiger charge is -2.13. The maximum absolute atomic E-state index is 5.97. The fourth-order valence-corrected chi connectivity index (χ4v) is 4.09. The zero-order valence-electron chi connectivity index (χ0n) is 14.7. The molecule has 0 radical (unpaired) electrons. The minimum absolute atomic E-state index is 0.339. The lowest BCUT2D eigenvalue weighted by Crippen LogP contribution is -2.02. The van der Waals surface area contributed by atoms with E-state index in [1.807, 2.05) is 28.8 Å². The number of fused-ring (bicyclic) bond motifs is 1. The van der Waals surface area contributed by atoms with Crippen molar-refractivity contribution in [1.29, 1.82) is 0 Å². The molecule has 0 aliphatic carbocycles. The summed E-state index contributed by atoms with van der Waals surface area (Å²) >= 11 is 4.87. The molecule has 3 aromatic rings. The summed E-state index contributed by atoms with van der Waals surface area (Å²) in [6.07, 6.45) is 9.36. The molecule has 4 rings (SSSR count). The van der Waals surface area contributed by atoms with Gasteiger partial charge in [-0.1, -0.05) is 34.1 Å². The molecule has 7 nitrogen and oxygen atoms in total. The Morgan fingerprint density at radius 1 is 1.32 bits per heavy atom. The number of halogens is 1. The number of nitrogens with zero attached hydrogens (tertiary/aromatic N) is 4. The summed E-state index contributed by atoms with van der Waals surface area (Å²) < 4.78 is 14.5. The number of unbranched alkanes of at least 4 members (excludes halogenated alkanes) is 1. The van der Waals surface area contributed by atoms with E-state index in [-0.39, 0.29) is 0 Å². The van der Waals surface area contributed by atoms with Gasteiger partial charge in [0.05, 0.1) is 0 Å². The zero-order valence-corrected chi connectivity index (χ0v) is 17.1. The highest BCUT2D eigenvalue weighted by atomic mass is 79.9. The van der Waals surface area contributed by atoms with Crippen molar-refractivity contribution in [2.24, 2.45) is 0 Å². The second-order valence-electron chi connectivity index (χ2n) is 5.93. The minimum Gasteiger partial charge on any atom is -0.454 e. The highest BCUT2D eigenvalue weighted by Crippen LogP contribution is 2.40. The van der Waals surface area contributed by atoms with Gasteiger partial charge in [0.1, 0.15) is 12.6 Å². The van der Waals surface area contributed by atoms with Crippen molar-refractivity contribution >= 4 is 44.7 Å². The largest absolute Gasteiger partial charge is 0.454 e. The smallest absolute Gasteiger partial charge is 0.268 e. The summed E-state index contributed by atoms with van der Waals surface area (Å²) in [5, 5.41) is 1.29. The fourth-order valence-electron chi connectivity index (χ4n) is 2.77. The van der Waals surface area contributed by atoms with Gasteiger partial charge in [-0.05, 0) is 24.2 Å². The predicted octanol–water partition coefficient (Wildman–Crippen LogP) is 4.22. The van der Waals surface area contributed by atoms with Gasteiger partial charge in [-0.2, -0.15) is 0 Å². The Hall–Kier alpha value is -2.70. The van der Waals surface area contributed by atoms with Gasteiger partial charge in [-0.15, -0.1) is 12.3 Å². The van der Waals surface area contributed by atoms with Crippen LogP contribution in [0.5, 0.6) is 0 Å². The molecule has 1 unspecified atom stereocenters. The summed E-state index contributed by atoms with van der Waals surface area (Å²) in [4.78, 5) is 13.0. The number of hydrogen-bond acceptors (Lipinski definition) is 7. The third-order valence-electron chi connectivity index (χ3n) is 4.09. The molecule has 0 saturated heterocycles. The van der Waals surface area contributed by atoms with Gasteiger partial charge in [0.25, 0.3) is 6.29 Å². The number of rotatable bonds is 6. The van der Waals surface area contributed by atoms with Crippen LogP contribution in [-0.2, 0) is 16.0 Å². The van der Waals surface area contributed by atoms with E-state index in [2.05, 4.69) is 36.8 Å². The number of thioether (sulfide) groups is 1. The van der Waals surface area contributed by atoms with Crippen molar-refractivity contribution in [1.82, 2.24) is 19.5 Å². The maximum Gasteiger partial charge on any atom is 0.268 e. The van der Waals surface area contributed by atoms with Crippen LogP contribution < -0.4 is 5.73 Å². The summed E-state index contributed by atoms with van der Waals surface area (Å²) in [6, 6.07) is 7.76. The van der Waals surface area contributed by atoms with Crippen molar-refractivity contribution in [3.63, 3.8) is 0 Å². The Balaban J connectivity index is 1.58. The molecule has 0 saturated carbocycles. The number of benzene rings is 1. The predicted molar refractivity (Wildman–Crippen MR) is 111 cm³/mol. The van der Waals surface area contributed by atoms with Crippen LogP contribution in [0.15, 0.2) is 51.6 Å². The average Bonchev–Trinajstić information content (AvgIpc) is 3.29. The molecule has 28 heavy (non-hydrogen) atoms. The van der Waals surface area contributed by atoms with E-state index < -0.39 is 6.29 Å². The molecule has 1 aliphatic rings. The normalized spacial score (nSPS) is 15.7. The van der Waals surface area contributed by atoms with Crippen LogP contribution in [0.25, 0.3) is 11.2 Å². The Kier molecular flexibility index (Phi) is 5.41. The van der Waals surface area contributed by atoms with E-state index in [1.165, 1.54) is 18.1 Å². The quantitative estimate of drug-likeness (QED) is 0.437. The third-order valence-corrected chi connectivity index (χ3v) is 5.70. The summed E-state index contributed by atoms with van der Waals surface area (Å²) in [7, 11) is 0. The minimum atomic E-state index is -0.512. The van der Waals surface area contributed by atoms with E-state index in [4.69, 9.17) is 21.6 Å². The molecule has 0 fully saturated rings. The highest BCUT2D eigenvalue weighted by Gasteiger charge is 2.26. The molecule has 2 N–H and O–H groups in total. The van der Waals surface area contributed by atoms with Crippen molar-refractivity contribution in [2.45, 2.75) is 30.8 Å². The summed E-state index contributed by atoms with van der Waals surface area (Å²) in [6.45, 7) is 0.668. The number of aromatic nitrogens is 4. The van der Waals surface area contributed by atoms with Crippen molar-refractivity contribution in [3.8, 4) is 12.3 Å². The van der Waals surface area contributed by atoms with E-state index in [0.717, 1.165) is 16.5 Å². The fraction of sp³-hybridized carbons (Fsp3) is 0.211. The van der Waals surface area contributed by atoms with Crippen LogP contribution in [0.3, 0.4) is 0 Å². The number of anilines is 1. The second-order valence-corrected chi connectivity index (χ2v) is 7.76. The molecule has 0 bridgehead atoms. The molecule has 3 heterocycles. The number of hydrogen-bond donors (Lipinski definition) is 1. The standard InChI is InChI=1S/C19H16BrN5O2S/c1-2-3-6-9-25-17-15(16(21)22-11-23-17)24-19(25)28-14-10-26-18(27-14)12-7-4-5-8-13(12)20/h1,4-5,7-8,10-11,18H,3,6,9H2,(H2,21,22,23). The third kappa shape index (κ3) is 3.66. The van der Waals surface area contributed by atoms with Crippen molar-refractivity contribution < 1.29 is 9.47 Å². The van der Waals surface area contributed by atoms with Gasteiger partial charge >= 0.3 is 0 Å². The molecule has 2 aromatic heterocycles. The number of nitrogens with two attached hydrogens (primary N) is 1. The molecule has 1 aromatic carbocycles. The van der Waals surface area contributed by atoms with Crippen LogP contribution in [0.1, 0.15) is 24.7 Å². The first kappa shape index (κ1) is 18.7. The Morgan fingerprint density at radius 3 is 3.00 bits per heavy atom. The maximum atomic E-state index is 5.97. The van der Waals surface area contributed by atoms with E-state index >= 15 is 0 Å². The van der Waals surface area contributed by atoms with Gasteiger partial charge in [0.2, 0.25) is 5.09 Å². The van der Waals surface area contributed by atoms with Crippen LogP contribution in [-0.4, -0.2) is 19.5 Å². The molecule has 142 valence electrons. The van der Waals surface area contributed by atoms with Crippen LogP contribution in [0, 0.1) is 12.3 Å². The molecule has 1 aliphatic heterocycles. The number of imidazole rings is 1. The van der Waals surface area contributed by atoms with Crippen LogP contribution in [0.2, 0.25) is 0 Å². The Bertz CT molecular complexity index is 1090. The van der Waals surface area contributed by atoms with Gasteiger partial charge in [-0.25, -0.2) is 15.0 Å². The first-order chi connectivity index (χ1) is 13.7. The van der Waals surface area contributed by atoms with E-state index in [9.17, 15) is 0 Å². The SMILES string of the molecule is C#CCCCn1c(SC2=COC(c3ccccc3Br)O2)nc2c(N)ncnc21. The molecular formula is C19H16BrN5O2S. The first-order valence-corrected chi connectivity index (χ1v) is 10.1.